The Balaban J connectivity index is 1.88. The molecule has 0 aliphatic carbocycles. The van der Waals surface area contributed by atoms with E-state index in [0.29, 0.717) is 17.4 Å². The molecule has 5 aromatic rings. The van der Waals surface area contributed by atoms with Crippen molar-refractivity contribution in [3.8, 4) is 11.3 Å². The van der Waals surface area contributed by atoms with E-state index >= 15 is 0 Å². The lowest BCUT2D eigenvalue weighted by Gasteiger charge is -2.30. The number of hydrogen-bond donors (Lipinski definition) is 0. The standard InChI is InChI=1S/C33H31FN3O2PS/c1-24(2)31-30(32(25-19-21-26(34)22-20-25)36-33(35-31)37(3)41(38)39)23-40(27-13-7-4-8-14-27,28-15-9-5-10-16-28)29-17-11-6-12-18-29/h4-22,24H,23H2,1-3H3. The third-order valence-electron chi connectivity index (χ3n) is 7.18. The Labute approximate surface area is 243 Å². The van der Waals surface area contributed by atoms with Gasteiger partial charge in [0.25, 0.3) is 0 Å². The van der Waals surface area contributed by atoms with Gasteiger partial charge >= 0.3 is 0 Å². The Bertz CT molecular complexity index is 1540. The predicted octanol–water partition coefficient (Wildman–Crippen LogP) is 6.13. The van der Waals surface area contributed by atoms with Crippen LogP contribution < -0.4 is 20.2 Å². The van der Waals surface area contributed by atoms with E-state index < -0.39 is 18.5 Å². The molecule has 0 saturated heterocycles. The van der Waals surface area contributed by atoms with Crippen LogP contribution in [-0.2, 0) is 17.4 Å². The van der Waals surface area contributed by atoms with Crippen molar-refractivity contribution >= 4 is 40.4 Å². The molecule has 4 aromatic carbocycles. The van der Waals surface area contributed by atoms with Crippen molar-refractivity contribution in [3.05, 3.63) is 132 Å². The van der Waals surface area contributed by atoms with E-state index in [9.17, 15) is 13.2 Å². The van der Waals surface area contributed by atoms with E-state index in [0.717, 1.165) is 15.6 Å². The third-order valence-corrected chi connectivity index (χ3v) is 12.1. The maximum atomic E-state index is 14.0. The summed E-state index contributed by atoms with van der Waals surface area (Å²) in [6.45, 7) is 4.10. The molecular weight excluding hydrogens is 552 g/mol. The molecule has 208 valence electrons. The molecule has 1 aromatic heterocycles. The van der Waals surface area contributed by atoms with Gasteiger partial charge < -0.3 is 4.55 Å². The summed E-state index contributed by atoms with van der Waals surface area (Å²) in [5.74, 6) is -0.317. The molecule has 8 heteroatoms. The zero-order chi connectivity index (χ0) is 29.0. The molecular formula is C33H31FN3O2PS. The van der Waals surface area contributed by atoms with Crippen LogP contribution >= 0.6 is 7.26 Å². The summed E-state index contributed by atoms with van der Waals surface area (Å²) in [4.78, 5) is 9.65. The summed E-state index contributed by atoms with van der Waals surface area (Å²) in [7, 11) is -0.924. The molecule has 1 heterocycles. The molecule has 0 spiro atoms. The molecule has 0 bridgehead atoms. The van der Waals surface area contributed by atoms with Crippen LogP contribution in [0, 0.1) is 5.82 Å². The van der Waals surface area contributed by atoms with Crippen LogP contribution in [-0.4, -0.2) is 25.8 Å². The van der Waals surface area contributed by atoms with E-state index in [1.54, 1.807) is 12.1 Å². The van der Waals surface area contributed by atoms with Crippen molar-refractivity contribution in [1.29, 1.82) is 0 Å². The first-order valence-electron chi connectivity index (χ1n) is 13.4. The second kappa shape index (κ2) is 12.4. The molecule has 0 amide bonds. The van der Waals surface area contributed by atoms with Crippen LogP contribution in [0.25, 0.3) is 11.3 Å². The minimum Gasteiger partial charge on any atom is -0.755 e. The first kappa shape index (κ1) is 28.7. The zero-order valence-electron chi connectivity index (χ0n) is 23.1. The fourth-order valence-corrected chi connectivity index (χ4v) is 9.67. The summed E-state index contributed by atoms with van der Waals surface area (Å²) in [6, 6.07) is 37.8. The van der Waals surface area contributed by atoms with E-state index in [-0.39, 0.29) is 17.7 Å². The number of nitrogens with zero attached hydrogens (tertiary/aromatic N) is 3. The summed E-state index contributed by atoms with van der Waals surface area (Å²) >= 11 is -2.56. The van der Waals surface area contributed by atoms with E-state index in [1.807, 2.05) is 32.0 Å². The van der Waals surface area contributed by atoms with Gasteiger partial charge in [-0.1, -0.05) is 68.4 Å². The lowest BCUT2D eigenvalue weighted by Crippen LogP contribution is -2.33. The number of anilines is 1. The monoisotopic (exact) mass is 583 g/mol. The van der Waals surface area contributed by atoms with Crippen molar-refractivity contribution in [2.75, 3.05) is 11.4 Å². The van der Waals surface area contributed by atoms with Crippen molar-refractivity contribution in [1.82, 2.24) is 9.97 Å². The minimum absolute atomic E-state index is 0.0383. The zero-order valence-corrected chi connectivity index (χ0v) is 24.9. The second-order valence-corrected chi connectivity index (χ2v) is 14.6. The van der Waals surface area contributed by atoms with Crippen molar-refractivity contribution in [2.45, 2.75) is 25.9 Å². The lowest BCUT2D eigenvalue weighted by molar-refractivity contribution is 0.534. The molecule has 0 N–H and O–H groups in total. The molecule has 0 radical (unpaired) electrons. The first-order chi connectivity index (χ1) is 19.8. The fourth-order valence-electron chi connectivity index (χ4n) is 5.18. The van der Waals surface area contributed by atoms with E-state index in [2.05, 4.69) is 72.8 Å². The quantitative estimate of drug-likeness (QED) is 0.155. The van der Waals surface area contributed by atoms with Gasteiger partial charge in [0.2, 0.25) is 5.95 Å². The molecule has 1 unspecified atom stereocenters. The average Bonchev–Trinajstić information content (AvgIpc) is 3.01. The van der Waals surface area contributed by atoms with E-state index in [1.165, 1.54) is 35.1 Å². The topological polar surface area (TPSA) is 69.2 Å². The van der Waals surface area contributed by atoms with Gasteiger partial charge in [-0.2, -0.15) is 0 Å². The molecule has 5 rings (SSSR count). The summed E-state index contributed by atoms with van der Waals surface area (Å²) in [5, 5.41) is 3.62. The lowest BCUT2D eigenvalue weighted by atomic mass is 9.99. The molecule has 0 saturated carbocycles. The summed E-state index contributed by atoms with van der Waals surface area (Å²) in [5.41, 5.74) is 2.98. The van der Waals surface area contributed by atoms with Gasteiger partial charge in [-0.25, -0.2) is 14.4 Å². The number of halogens is 1. The van der Waals surface area contributed by atoms with Crippen LogP contribution in [0.4, 0.5) is 10.3 Å². The van der Waals surface area contributed by atoms with Gasteiger partial charge in [-0.15, -0.1) is 0 Å². The average molecular weight is 584 g/mol. The van der Waals surface area contributed by atoms with Crippen LogP contribution in [0.2, 0.25) is 0 Å². The predicted molar refractivity (Wildman–Crippen MR) is 168 cm³/mol. The number of aromatic nitrogens is 2. The molecule has 5 nitrogen and oxygen atoms in total. The Hall–Kier alpha value is -3.77. The van der Waals surface area contributed by atoms with E-state index in [4.69, 9.17) is 9.97 Å². The number of hydrogen-bond acceptors (Lipinski definition) is 4. The van der Waals surface area contributed by atoms with Crippen molar-refractivity contribution in [3.63, 3.8) is 0 Å². The SMILES string of the molecule is CC(C)c1nc(N(C)S(=O)[O-])nc(-c2ccc(F)cc2)c1C[P+](c1ccccc1)(c1ccccc1)c1ccccc1. The van der Waals surface area contributed by atoms with Crippen molar-refractivity contribution in [2.24, 2.45) is 0 Å². The van der Waals surface area contributed by atoms with Gasteiger partial charge in [0.1, 0.15) is 35.2 Å². The third kappa shape index (κ3) is 5.84. The van der Waals surface area contributed by atoms with Gasteiger partial charge in [-0.05, 0) is 66.6 Å². The highest BCUT2D eigenvalue weighted by Gasteiger charge is 2.47. The number of rotatable bonds is 9. The smallest absolute Gasteiger partial charge is 0.237 e. The van der Waals surface area contributed by atoms with Crippen molar-refractivity contribution < 1.29 is 13.2 Å². The Morgan fingerprint density at radius 1 is 0.780 bits per heavy atom. The highest BCUT2D eigenvalue weighted by molar-refractivity contribution is 7.95. The van der Waals surface area contributed by atoms with Gasteiger partial charge in [0.15, 0.2) is 0 Å². The highest BCUT2D eigenvalue weighted by Crippen LogP contribution is 2.59. The Kier molecular flexibility index (Phi) is 8.69. The molecule has 41 heavy (non-hydrogen) atoms. The maximum Gasteiger partial charge on any atom is 0.237 e. The minimum atomic E-state index is -2.56. The Morgan fingerprint density at radius 2 is 1.24 bits per heavy atom. The number of benzene rings is 4. The van der Waals surface area contributed by atoms with Gasteiger partial charge in [-0.3, -0.25) is 8.51 Å². The molecule has 0 aliphatic rings. The van der Waals surface area contributed by atoms with Crippen LogP contribution in [0.15, 0.2) is 115 Å². The normalized spacial score (nSPS) is 12.3. The molecule has 0 aliphatic heterocycles. The van der Waals surface area contributed by atoms with Crippen LogP contribution in [0.1, 0.15) is 31.0 Å². The molecule has 1 atom stereocenters. The summed E-state index contributed by atoms with van der Waals surface area (Å²) in [6.07, 6.45) is 0.593. The van der Waals surface area contributed by atoms with Crippen LogP contribution in [0.5, 0.6) is 0 Å². The highest BCUT2D eigenvalue weighted by atomic mass is 32.2. The first-order valence-corrected chi connectivity index (χ1v) is 16.4. The Morgan fingerprint density at radius 3 is 1.66 bits per heavy atom. The molecule has 0 fully saturated rings. The van der Waals surface area contributed by atoms with Gasteiger partial charge in [0, 0.05) is 29.4 Å². The van der Waals surface area contributed by atoms with Gasteiger partial charge in [0.05, 0.1) is 11.4 Å². The summed E-state index contributed by atoms with van der Waals surface area (Å²) < 4.78 is 39.0. The largest absolute Gasteiger partial charge is 0.755 e. The van der Waals surface area contributed by atoms with Crippen LogP contribution in [0.3, 0.4) is 0 Å². The fraction of sp³-hybridized carbons (Fsp3) is 0.152. The maximum absolute atomic E-state index is 14.0. The second-order valence-electron chi connectivity index (χ2n) is 10.1.